The Labute approximate surface area is 101 Å². The Morgan fingerprint density at radius 1 is 1.41 bits per heavy atom. The first-order chi connectivity index (χ1) is 8.13. The molecule has 1 aliphatic carbocycles. The maximum Gasteiger partial charge on any atom is 0.142 e. The quantitative estimate of drug-likeness (QED) is 0.877. The summed E-state index contributed by atoms with van der Waals surface area (Å²) in [6, 6.07) is 5.00. The fourth-order valence-electron chi connectivity index (χ4n) is 2.57. The number of halogens is 1. The summed E-state index contributed by atoms with van der Waals surface area (Å²) in [5.74, 6) is 0.437. The number of anilines is 1. The van der Waals surface area contributed by atoms with Gasteiger partial charge in [-0.3, -0.25) is 0 Å². The van der Waals surface area contributed by atoms with Gasteiger partial charge in [0.2, 0.25) is 0 Å². The molecule has 3 nitrogen and oxygen atoms in total. The molecule has 0 radical (unpaired) electrons. The minimum absolute atomic E-state index is 0.160. The summed E-state index contributed by atoms with van der Waals surface area (Å²) >= 11 is 0. The third kappa shape index (κ3) is 2.36. The van der Waals surface area contributed by atoms with Gasteiger partial charge >= 0.3 is 0 Å². The second-order valence-electron chi connectivity index (χ2n) is 4.59. The first kappa shape index (κ1) is 12.2. The van der Waals surface area contributed by atoms with Crippen LogP contribution >= 0.6 is 0 Å². The van der Waals surface area contributed by atoms with E-state index in [1.54, 1.807) is 13.2 Å². The van der Waals surface area contributed by atoms with Gasteiger partial charge in [0, 0.05) is 25.2 Å². The zero-order valence-corrected chi connectivity index (χ0v) is 10.3. The molecule has 17 heavy (non-hydrogen) atoms. The van der Waals surface area contributed by atoms with Gasteiger partial charge in [0.15, 0.2) is 0 Å². The summed E-state index contributed by atoms with van der Waals surface area (Å²) < 4.78 is 18.6. The zero-order valence-electron chi connectivity index (χ0n) is 10.3. The summed E-state index contributed by atoms with van der Waals surface area (Å²) in [6.07, 6.45) is 3.22. The maximum atomic E-state index is 13.3. The van der Waals surface area contributed by atoms with Crippen LogP contribution in [0.25, 0.3) is 0 Å². The molecule has 0 aliphatic heterocycles. The molecule has 0 heterocycles. The van der Waals surface area contributed by atoms with Gasteiger partial charge in [-0.15, -0.1) is 0 Å². The number of nitrogens with zero attached hydrogens (tertiary/aromatic N) is 1. The maximum absolute atomic E-state index is 13.3. The minimum Gasteiger partial charge on any atom is -0.495 e. The van der Waals surface area contributed by atoms with Crippen molar-refractivity contribution in [2.24, 2.45) is 5.73 Å². The molecule has 0 bridgehead atoms. The SMILES string of the molecule is COc1ccc(F)cc1N(C)C1CCCC1N. The lowest BCUT2D eigenvalue weighted by atomic mass is 10.1. The van der Waals surface area contributed by atoms with Crippen LogP contribution in [-0.2, 0) is 0 Å². The van der Waals surface area contributed by atoms with Crippen LogP contribution in [0, 0.1) is 5.82 Å². The largest absolute Gasteiger partial charge is 0.495 e. The Morgan fingerprint density at radius 2 is 2.18 bits per heavy atom. The van der Waals surface area contributed by atoms with Gasteiger partial charge in [-0.2, -0.15) is 0 Å². The monoisotopic (exact) mass is 238 g/mol. The van der Waals surface area contributed by atoms with E-state index in [2.05, 4.69) is 0 Å². The second kappa shape index (κ2) is 4.92. The summed E-state index contributed by atoms with van der Waals surface area (Å²) in [5.41, 5.74) is 6.84. The normalized spacial score (nSPS) is 23.8. The molecule has 1 saturated carbocycles. The number of ether oxygens (including phenoxy) is 1. The van der Waals surface area contributed by atoms with Crippen LogP contribution in [0.4, 0.5) is 10.1 Å². The number of rotatable bonds is 3. The molecular formula is C13H19FN2O. The molecule has 4 heteroatoms. The number of likely N-dealkylation sites (N-methyl/N-ethyl adjacent to an activating group) is 1. The Kier molecular flexibility index (Phi) is 3.52. The van der Waals surface area contributed by atoms with E-state index in [4.69, 9.17) is 10.5 Å². The van der Waals surface area contributed by atoms with Gasteiger partial charge < -0.3 is 15.4 Å². The summed E-state index contributed by atoms with van der Waals surface area (Å²) in [7, 11) is 3.55. The van der Waals surface area contributed by atoms with Gasteiger partial charge in [-0.25, -0.2) is 4.39 Å². The van der Waals surface area contributed by atoms with Crippen molar-refractivity contribution < 1.29 is 9.13 Å². The highest BCUT2D eigenvalue weighted by Crippen LogP contribution is 2.33. The number of methoxy groups -OCH3 is 1. The van der Waals surface area contributed by atoms with Crippen molar-refractivity contribution in [1.29, 1.82) is 0 Å². The van der Waals surface area contributed by atoms with Crippen LogP contribution in [0.5, 0.6) is 5.75 Å². The molecule has 0 amide bonds. The van der Waals surface area contributed by atoms with Crippen molar-refractivity contribution in [3.05, 3.63) is 24.0 Å². The first-order valence-electron chi connectivity index (χ1n) is 5.95. The molecule has 94 valence electrons. The molecule has 2 unspecified atom stereocenters. The highest BCUT2D eigenvalue weighted by atomic mass is 19.1. The molecule has 2 rings (SSSR count). The second-order valence-corrected chi connectivity index (χ2v) is 4.59. The van der Waals surface area contributed by atoms with Gasteiger partial charge in [-0.1, -0.05) is 0 Å². The smallest absolute Gasteiger partial charge is 0.142 e. The van der Waals surface area contributed by atoms with E-state index in [9.17, 15) is 4.39 Å². The van der Waals surface area contributed by atoms with Crippen LogP contribution in [0.2, 0.25) is 0 Å². The van der Waals surface area contributed by atoms with Crippen LogP contribution < -0.4 is 15.4 Å². The standard InChI is InChI=1S/C13H19FN2O/c1-16(11-5-3-4-10(11)15)12-8-9(14)6-7-13(12)17-2/h6-8,10-11H,3-5,15H2,1-2H3. The molecule has 0 saturated heterocycles. The van der Waals surface area contributed by atoms with Gasteiger partial charge in [0.1, 0.15) is 11.6 Å². The summed E-state index contributed by atoms with van der Waals surface area (Å²) in [4.78, 5) is 2.04. The third-order valence-corrected chi connectivity index (χ3v) is 3.55. The van der Waals surface area contributed by atoms with E-state index in [1.807, 2.05) is 11.9 Å². The zero-order chi connectivity index (χ0) is 12.4. The molecular weight excluding hydrogens is 219 g/mol. The van der Waals surface area contributed by atoms with Crippen molar-refractivity contribution in [2.75, 3.05) is 19.1 Å². The third-order valence-electron chi connectivity index (χ3n) is 3.55. The number of benzene rings is 1. The average molecular weight is 238 g/mol. The molecule has 1 aliphatic rings. The van der Waals surface area contributed by atoms with Gasteiger partial charge in [0.25, 0.3) is 0 Å². The number of nitrogens with two attached hydrogens (primary N) is 1. The van der Waals surface area contributed by atoms with E-state index < -0.39 is 0 Å². The van der Waals surface area contributed by atoms with Crippen molar-refractivity contribution in [3.63, 3.8) is 0 Å². The lowest BCUT2D eigenvalue weighted by Crippen LogP contribution is -2.42. The van der Waals surface area contributed by atoms with Crippen molar-refractivity contribution >= 4 is 5.69 Å². The summed E-state index contributed by atoms with van der Waals surface area (Å²) in [5, 5.41) is 0. The molecule has 0 spiro atoms. The van der Waals surface area contributed by atoms with Crippen molar-refractivity contribution in [2.45, 2.75) is 31.3 Å². The van der Waals surface area contributed by atoms with Crippen molar-refractivity contribution in [3.8, 4) is 5.75 Å². The molecule has 2 N–H and O–H groups in total. The van der Waals surface area contributed by atoms with Crippen LogP contribution in [-0.4, -0.2) is 26.2 Å². The fraction of sp³-hybridized carbons (Fsp3) is 0.538. The Balaban J connectivity index is 2.28. The predicted octanol–water partition coefficient (Wildman–Crippen LogP) is 2.15. The highest BCUT2D eigenvalue weighted by molar-refractivity contribution is 5.59. The minimum atomic E-state index is -0.251. The Morgan fingerprint density at radius 3 is 2.76 bits per heavy atom. The molecule has 1 aromatic carbocycles. The Bertz CT molecular complexity index is 397. The topological polar surface area (TPSA) is 38.5 Å². The highest BCUT2D eigenvalue weighted by Gasteiger charge is 2.29. The van der Waals surface area contributed by atoms with E-state index in [1.165, 1.54) is 12.1 Å². The molecule has 2 atom stereocenters. The van der Waals surface area contributed by atoms with Crippen LogP contribution in [0.15, 0.2) is 18.2 Å². The van der Waals surface area contributed by atoms with Gasteiger partial charge in [-0.05, 0) is 31.4 Å². The molecule has 1 fully saturated rings. The molecule has 1 aromatic rings. The number of hydrogen-bond acceptors (Lipinski definition) is 3. The van der Waals surface area contributed by atoms with Gasteiger partial charge in [0.05, 0.1) is 12.8 Å². The first-order valence-corrected chi connectivity index (χ1v) is 5.95. The van der Waals surface area contributed by atoms with Crippen LogP contribution in [0.3, 0.4) is 0 Å². The number of hydrogen-bond donors (Lipinski definition) is 1. The van der Waals surface area contributed by atoms with E-state index >= 15 is 0 Å². The lowest BCUT2D eigenvalue weighted by Gasteiger charge is -2.30. The fourth-order valence-corrected chi connectivity index (χ4v) is 2.57. The van der Waals surface area contributed by atoms with E-state index in [0.29, 0.717) is 5.75 Å². The molecule has 0 aromatic heterocycles. The lowest BCUT2D eigenvalue weighted by molar-refractivity contribution is 0.411. The van der Waals surface area contributed by atoms with E-state index in [-0.39, 0.29) is 17.9 Å². The average Bonchev–Trinajstić information content (AvgIpc) is 2.74. The predicted molar refractivity (Wildman–Crippen MR) is 67.0 cm³/mol. The van der Waals surface area contributed by atoms with Crippen LogP contribution in [0.1, 0.15) is 19.3 Å². The Hall–Kier alpha value is -1.29. The van der Waals surface area contributed by atoms with Crippen molar-refractivity contribution in [1.82, 2.24) is 0 Å². The van der Waals surface area contributed by atoms with E-state index in [0.717, 1.165) is 24.9 Å². The summed E-state index contributed by atoms with van der Waals surface area (Å²) in [6.45, 7) is 0.